The van der Waals surface area contributed by atoms with Crippen molar-refractivity contribution >= 4 is 0 Å². The molecule has 20 heavy (non-hydrogen) atoms. The number of nitrogens with one attached hydrogen (secondary N) is 1. The average Bonchev–Trinajstić information content (AvgIpc) is 2.42. The van der Waals surface area contributed by atoms with Crippen molar-refractivity contribution in [3.8, 4) is 0 Å². The lowest BCUT2D eigenvalue weighted by Crippen LogP contribution is -2.61. The predicted molar refractivity (Wildman–Crippen MR) is 87.3 cm³/mol. The molecule has 0 aromatic rings. The molecule has 2 heterocycles. The smallest absolute Gasteiger partial charge is 0.0346 e. The molecule has 0 bridgehead atoms. The molecule has 0 saturated carbocycles. The van der Waals surface area contributed by atoms with E-state index in [2.05, 4.69) is 22.0 Å². The van der Waals surface area contributed by atoms with Gasteiger partial charge >= 0.3 is 0 Å². The minimum absolute atomic E-state index is 0.847. The fourth-order valence-electron chi connectivity index (χ4n) is 3.35. The largest absolute Gasteiger partial charge is 0.314 e. The summed E-state index contributed by atoms with van der Waals surface area (Å²) in [6, 6.07) is 0.847. The zero-order valence-electron chi connectivity index (χ0n) is 13.6. The number of unbranched alkanes of at least 4 members (excludes halogenated alkanes) is 7. The van der Waals surface area contributed by atoms with E-state index in [-0.39, 0.29) is 0 Å². The first-order chi connectivity index (χ1) is 9.90. The van der Waals surface area contributed by atoms with Crippen molar-refractivity contribution in [1.29, 1.82) is 0 Å². The molecule has 2 aliphatic rings. The highest BCUT2D eigenvalue weighted by Crippen LogP contribution is 2.12. The molecule has 0 aromatic heterocycles. The van der Waals surface area contributed by atoms with Crippen molar-refractivity contribution in [2.45, 2.75) is 64.3 Å². The second-order valence-corrected chi connectivity index (χ2v) is 6.66. The van der Waals surface area contributed by atoms with Crippen LogP contribution in [0.5, 0.6) is 0 Å². The van der Waals surface area contributed by atoms with Crippen LogP contribution in [0.1, 0.15) is 58.3 Å². The Hall–Kier alpha value is -0.120. The van der Waals surface area contributed by atoms with Crippen LogP contribution in [0.15, 0.2) is 0 Å². The van der Waals surface area contributed by atoms with Gasteiger partial charge in [-0.15, -0.1) is 0 Å². The molecule has 0 radical (unpaired) electrons. The van der Waals surface area contributed by atoms with Crippen LogP contribution in [0.4, 0.5) is 0 Å². The van der Waals surface area contributed by atoms with Gasteiger partial charge in [0.15, 0.2) is 0 Å². The Labute approximate surface area is 126 Å². The van der Waals surface area contributed by atoms with Gasteiger partial charge in [-0.3, -0.25) is 4.90 Å². The summed E-state index contributed by atoms with van der Waals surface area (Å²) in [6.45, 7) is 11.3. The van der Waals surface area contributed by atoms with Crippen molar-refractivity contribution in [2.75, 3.05) is 45.8 Å². The van der Waals surface area contributed by atoms with Gasteiger partial charge in [0.25, 0.3) is 0 Å². The Balaban J connectivity index is 1.39. The molecule has 118 valence electrons. The number of hydrogen-bond acceptors (Lipinski definition) is 3. The minimum Gasteiger partial charge on any atom is -0.314 e. The standard InChI is InChI=1S/C17H35N3/c1-2-3-4-5-6-7-8-9-10-19-11-13-20(14-12-19)17-15-18-16-17/h17-18H,2-16H2,1H3. The summed E-state index contributed by atoms with van der Waals surface area (Å²) in [7, 11) is 0. The SMILES string of the molecule is CCCCCCCCCCN1CCN(C2CNC2)CC1. The average molecular weight is 281 g/mol. The van der Waals surface area contributed by atoms with Crippen molar-refractivity contribution in [3.05, 3.63) is 0 Å². The molecule has 0 aromatic carbocycles. The fraction of sp³-hybridized carbons (Fsp3) is 1.00. The lowest BCUT2D eigenvalue weighted by Gasteiger charge is -2.43. The third-order valence-electron chi connectivity index (χ3n) is 5.01. The zero-order valence-corrected chi connectivity index (χ0v) is 13.6. The Morgan fingerprint density at radius 2 is 1.40 bits per heavy atom. The molecule has 2 fully saturated rings. The molecule has 0 unspecified atom stereocenters. The summed E-state index contributed by atoms with van der Waals surface area (Å²) in [5.41, 5.74) is 0. The zero-order chi connectivity index (χ0) is 14.0. The summed E-state index contributed by atoms with van der Waals surface area (Å²) in [6.07, 6.45) is 11.5. The molecule has 0 amide bonds. The fourth-order valence-corrected chi connectivity index (χ4v) is 3.35. The number of nitrogens with zero attached hydrogens (tertiary/aromatic N) is 2. The van der Waals surface area contributed by atoms with E-state index in [0.29, 0.717) is 0 Å². The van der Waals surface area contributed by atoms with Gasteiger partial charge < -0.3 is 10.2 Å². The van der Waals surface area contributed by atoms with Gasteiger partial charge in [-0.25, -0.2) is 0 Å². The maximum absolute atomic E-state index is 3.38. The molecule has 0 spiro atoms. The van der Waals surface area contributed by atoms with E-state index in [1.54, 1.807) is 0 Å². The molecule has 1 N–H and O–H groups in total. The first-order valence-corrected chi connectivity index (χ1v) is 9.07. The molecular weight excluding hydrogens is 246 g/mol. The quantitative estimate of drug-likeness (QED) is 0.621. The molecule has 2 aliphatic heterocycles. The van der Waals surface area contributed by atoms with E-state index in [1.165, 1.54) is 97.2 Å². The van der Waals surface area contributed by atoms with Crippen LogP contribution in [0.2, 0.25) is 0 Å². The highest BCUT2D eigenvalue weighted by atomic mass is 15.3. The van der Waals surface area contributed by atoms with Crippen LogP contribution in [0.3, 0.4) is 0 Å². The molecule has 0 aliphatic carbocycles. The van der Waals surface area contributed by atoms with Crippen molar-refractivity contribution in [1.82, 2.24) is 15.1 Å². The topological polar surface area (TPSA) is 18.5 Å². The number of piperazine rings is 1. The summed E-state index contributed by atoms with van der Waals surface area (Å²) in [5.74, 6) is 0. The third kappa shape index (κ3) is 5.71. The van der Waals surface area contributed by atoms with Crippen LogP contribution in [0, 0.1) is 0 Å². The van der Waals surface area contributed by atoms with Crippen LogP contribution in [-0.4, -0.2) is 61.7 Å². The third-order valence-corrected chi connectivity index (χ3v) is 5.01. The maximum Gasteiger partial charge on any atom is 0.0346 e. The van der Waals surface area contributed by atoms with Gasteiger partial charge in [0, 0.05) is 45.3 Å². The van der Waals surface area contributed by atoms with Crippen LogP contribution < -0.4 is 5.32 Å². The summed E-state index contributed by atoms with van der Waals surface area (Å²) in [5, 5.41) is 3.38. The van der Waals surface area contributed by atoms with E-state index in [9.17, 15) is 0 Å². The van der Waals surface area contributed by atoms with Crippen molar-refractivity contribution < 1.29 is 0 Å². The van der Waals surface area contributed by atoms with Gasteiger partial charge in [-0.2, -0.15) is 0 Å². The number of rotatable bonds is 10. The molecule has 3 nitrogen and oxygen atoms in total. The number of hydrogen-bond donors (Lipinski definition) is 1. The minimum atomic E-state index is 0.847. The van der Waals surface area contributed by atoms with Gasteiger partial charge in [-0.05, 0) is 13.0 Å². The summed E-state index contributed by atoms with van der Waals surface area (Å²) >= 11 is 0. The Kier molecular flexibility index (Phi) is 7.92. The molecule has 0 atom stereocenters. The van der Waals surface area contributed by atoms with Gasteiger partial charge in [0.2, 0.25) is 0 Å². The molecular formula is C17H35N3. The first kappa shape index (κ1) is 16.3. The second-order valence-electron chi connectivity index (χ2n) is 6.66. The van der Waals surface area contributed by atoms with E-state index < -0.39 is 0 Å². The van der Waals surface area contributed by atoms with Gasteiger partial charge in [-0.1, -0.05) is 51.9 Å². The molecule has 2 rings (SSSR count). The van der Waals surface area contributed by atoms with E-state index in [4.69, 9.17) is 0 Å². The summed E-state index contributed by atoms with van der Waals surface area (Å²) in [4.78, 5) is 5.36. The summed E-state index contributed by atoms with van der Waals surface area (Å²) < 4.78 is 0. The lowest BCUT2D eigenvalue weighted by atomic mass is 10.1. The maximum atomic E-state index is 3.38. The van der Waals surface area contributed by atoms with Crippen molar-refractivity contribution in [2.24, 2.45) is 0 Å². The van der Waals surface area contributed by atoms with Crippen LogP contribution in [0.25, 0.3) is 0 Å². The van der Waals surface area contributed by atoms with E-state index in [1.807, 2.05) is 0 Å². The highest BCUT2D eigenvalue weighted by Gasteiger charge is 2.27. The predicted octanol–water partition coefficient (Wildman–Crippen LogP) is 2.72. The highest BCUT2D eigenvalue weighted by molar-refractivity contribution is 4.87. The molecule has 2 saturated heterocycles. The van der Waals surface area contributed by atoms with Crippen molar-refractivity contribution in [3.63, 3.8) is 0 Å². The van der Waals surface area contributed by atoms with E-state index >= 15 is 0 Å². The Morgan fingerprint density at radius 3 is 1.95 bits per heavy atom. The normalized spacial score (nSPS) is 22.1. The molecule has 3 heteroatoms. The van der Waals surface area contributed by atoms with Gasteiger partial charge in [0.05, 0.1) is 0 Å². The van der Waals surface area contributed by atoms with Gasteiger partial charge in [0.1, 0.15) is 0 Å². The Morgan fingerprint density at radius 1 is 0.800 bits per heavy atom. The Bertz CT molecular complexity index is 232. The van der Waals surface area contributed by atoms with Crippen LogP contribution >= 0.6 is 0 Å². The second kappa shape index (κ2) is 9.75. The first-order valence-electron chi connectivity index (χ1n) is 9.07. The van der Waals surface area contributed by atoms with E-state index in [0.717, 1.165) is 6.04 Å². The van der Waals surface area contributed by atoms with Crippen LogP contribution in [-0.2, 0) is 0 Å². The monoisotopic (exact) mass is 281 g/mol. The lowest BCUT2D eigenvalue weighted by molar-refractivity contribution is 0.0721.